The summed E-state index contributed by atoms with van der Waals surface area (Å²) < 4.78 is 0.786. The van der Waals surface area contributed by atoms with Crippen LogP contribution in [0.2, 0.25) is 0 Å². The van der Waals surface area contributed by atoms with Gasteiger partial charge in [-0.3, -0.25) is 4.79 Å². The second kappa shape index (κ2) is 8.32. The van der Waals surface area contributed by atoms with Crippen LogP contribution >= 0.6 is 23.1 Å². The van der Waals surface area contributed by atoms with Gasteiger partial charge in [-0.05, 0) is 37.5 Å². The molecule has 28 heavy (non-hydrogen) atoms. The maximum atomic E-state index is 12.3. The summed E-state index contributed by atoms with van der Waals surface area (Å²) in [5, 5.41) is 15.4. The van der Waals surface area contributed by atoms with Crippen molar-refractivity contribution in [3.05, 3.63) is 65.7 Å². The number of hydrogen-bond donors (Lipinski definition) is 2. The van der Waals surface area contributed by atoms with Crippen molar-refractivity contribution in [1.29, 1.82) is 0 Å². The van der Waals surface area contributed by atoms with Gasteiger partial charge in [0.15, 0.2) is 4.34 Å². The zero-order chi connectivity index (χ0) is 19.4. The van der Waals surface area contributed by atoms with Crippen molar-refractivity contribution in [2.24, 2.45) is 0 Å². The summed E-state index contributed by atoms with van der Waals surface area (Å²) in [6, 6.07) is 18.6. The molecule has 1 aliphatic rings. The summed E-state index contributed by atoms with van der Waals surface area (Å²) in [6.45, 7) is 2.76. The van der Waals surface area contributed by atoms with E-state index in [9.17, 15) is 4.79 Å². The Balaban J connectivity index is 1.24. The molecule has 4 rings (SSSR count). The normalized spacial score (nSPS) is 14.5. The third kappa shape index (κ3) is 4.72. The van der Waals surface area contributed by atoms with E-state index < -0.39 is 0 Å². The SMILES string of the molecule is Cc1ccc(Nc2nnc(SCC(=O)NCC3(c4ccccc4)CC3)s2)cc1. The van der Waals surface area contributed by atoms with Crippen LogP contribution in [0, 0.1) is 6.92 Å². The fourth-order valence-corrected chi connectivity index (χ4v) is 4.64. The molecule has 2 aromatic carbocycles. The van der Waals surface area contributed by atoms with Gasteiger partial charge in [-0.1, -0.05) is 71.1 Å². The highest BCUT2D eigenvalue weighted by molar-refractivity contribution is 8.01. The van der Waals surface area contributed by atoms with E-state index in [4.69, 9.17) is 0 Å². The van der Waals surface area contributed by atoms with Crippen molar-refractivity contribution in [3.63, 3.8) is 0 Å². The lowest BCUT2D eigenvalue weighted by Gasteiger charge is -2.16. The van der Waals surface area contributed by atoms with Crippen molar-refractivity contribution in [2.45, 2.75) is 29.5 Å². The van der Waals surface area contributed by atoms with E-state index in [1.807, 2.05) is 30.3 Å². The fraction of sp³-hybridized carbons (Fsp3) is 0.286. The van der Waals surface area contributed by atoms with Gasteiger partial charge in [0.1, 0.15) is 0 Å². The van der Waals surface area contributed by atoms with Gasteiger partial charge in [-0.25, -0.2) is 0 Å². The van der Waals surface area contributed by atoms with Gasteiger partial charge in [-0.15, -0.1) is 10.2 Å². The molecule has 0 aliphatic heterocycles. The Morgan fingerprint density at radius 1 is 1.11 bits per heavy atom. The Morgan fingerprint density at radius 2 is 1.86 bits per heavy atom. The molecule has 0 saturated heterocycles. The molecule has 0 bridgehead atoms. The minimum atomic E-state index is 0.0375. The van der Waals surface area contributed by atoms with Crippen LogP contribution in [0.25, 0.3) is 0 Å². The summed E-state index contributed by atoms with van der Waals surface area (Å²) >= 11 is 2.88. The van der Waals surface area contributed by atoms with Crippen molar-refractivity contribution in [3.8, 4) is 0 Å². The number of benzene rings is 2. The Hall–Kier alpha value is -2.38. The minimum absolute atomic E-state index is 0.0375. The van der Waals surface area contributed by atoms with E-state index >= 15 is 0 Å². The zero-order valence-corrected chi connectivity index (χ0v) is 17.3. The maximum Gasteiger partial charge on any atom is 0.230 e. The lowest BCUT2D eigenvalue weighted by atomic mass is 9.96. The van der Waals surface area contributed by atoms with Gasteiger partial charge < -0.3 is 10.6 Å². The predicted octanol–water partition coefficient (Wildman–Crippen LogP) is 4.53. The smallest absolute Gasteiger partial charge is 0.230 e. The van der Waals surface area contributed by atoms with Crippen molar-refractivity contribution < 1.29 is 4.79 Å². The predicted molar refractivity (Wildman–Crippen MR) is 115 cm³/mol. The number of amides is 1. The van der Waals surface area contributed by atoms with E-state index in [0.717, 1.165) is 28.0 Å². The number of carbonyl (C=O) groups excluding carboxylic acids is 1. The van der Waals surface area contributed by atoms with Crippen LogP contribution in [0.15, 0.2) is 58.9 Å². The fourth-order valence-electron chi connectivity index (χ4n) is 3.04. The first-order valence-electron chi connectivity index (χ1n) is 9.25. The molecule has 0 unspecified atom stereocenters. The molecule has 0 spiro atoms. The molecule has 1 saturated carbocycles. The van der Waals surface area contributed by atoms with Crippen LogP contribution in [0.5, 0.6) is 0 Å². The van der Waals surface area contributed by atoms with E-state index in [0.29, 0.717) is 12.3 Å². The number of rotatable bonds is 8. The number of nitrogens with one attached hydrogen (secondary N) is 2. The molecular weight excluding hydrogens is 388 g/mol. The van der Waals surface area contributed by atoms with E-state index in [1.165, 1.54) is 34.2 Å². The van der Waals surface area contributed by atoms with Crippen LogP contribution in [-0.4, -0.2) is 28.4 Å². The second-order valence-corrected chi connectivity index (χ2v) is 9.28. The van der Waals surface area contributed by atoms with E-state index in [1.54, 1.807) is 0 Å². The molecule has 5 nitrogen and oxygen atoms in total. The maximum absolute atomic E-state index is 12.3. The Morgan fingerprint density at radius 3 is 2.57 bits per heavy atom. The standard InChI is InChI=1S/C21H22N4OS2/c1-15-7-9-17(10-8-15)23-19-24-25-20(28-19)27-13-18(26)22-14-21(11-12-21)16-5-3-2-4-6-16/h2-10H,11-14H2,1H3,(H,22,26)(H,23,24). The van der Waals surface area contributed by atoms with Crippen LogP contribution < -0.4 is 10.6 Å². The van der Waals surface area contributed by atoms with Gasteiger partial charge in [0, 0.05) is 17.6 Å². The van der Waals surface area contributed by atoms with Crippen molar-refractivity contribution >= 4 is 39.8 Å². The van der Waals surface area contributed by atoms with Gasteiger partial charge >= 0.3 is 0 Å². The number of aromatic nitrogens is 2. The van der Waals surface area contributed by atoms with Crippen LogP contribution in [0.4, 0.5) is 10.8 Å². The molecule has 1 amide bonds. The highest BCUT2D eigenvalue weighted by Gasteiger charge is 2.44. The lowest BCUT2D eigenvalue weighted by Crippen LogP contribution is -2.33. The monoisotopic (exact) mass is 410 g/mol. The summed E-state index contributed by atoms with van der Waals surface area (Å²) in [4.78, 5) is 12.3. The summed E-state index contributed by atoms with van der Waals surface area (Å²) in [7, 11) is 0. The Kier molecular flexibility index (Phi) is 5.64. The third-order valence-corrected chi connectivity index (χ3v) is 6.87. The first-order chi connectivity index (χ1) is 13.6. The molecule has 1 heterocycles. The first kappa shape index (κ1) is 19.0. The number of hydrogen-bond acceptors (Lipinski definition) is 6. The minimum Gasteiger partial charge on any atom is -0.354 e. The zero-order valence-electron chi connectivity index (χ0n) is 15.6. The van der Waals surface area contributed by atoms with Gasteiger partial charge in [-0.2, -0.15) is 0 Å². The molecule has 2 N–H and O–H groups in total. The third-order valence-electron chi connectivity index (χ3n) is 4.90. The highest BCUT2D eigenvalue weighted by atomic mass is 32.2. The molecule has 1 aliphatic carbocycles. The topological polar surface area (TPSA) is 66.9 Å². The summed E-state index contributed by atoms with van der Waals surface area (Å²) in [6.07, 6.45) is 2.27. The first-order valence-corrected chi connectivity index (χ1v) is 11.1. The molecule has 7 heteroatoms. The number of nitrogens with zero attached hydrogens (tertiary/aromatic N) is 2. The molecule has 1 aromatic heterocycles. The number of aryl methyl sites for hydroxylation is 1. The van der Waals surface area contributed by atoms with Crippen molar-refractivity contribution in [1.82, 2.24) is 15.5 Å². The van der Waals surface area contributed by atoms with E-state index in [2.05, 4.69) is 52.0 Å². The largest absolute Gasteiger partial charge is 0.354 e. The highest BCUT2D eigenvalue weighted by Crippen LogP contribution is 2.47. The average Bonchev–Trinajstić information content (AvgIpc) is 3.39. The molecule has 144 valence electrons. The Labute approximate surface area is 173 Å². The molecule has 0 radical (unpaired) electrons. The average molecular weight is 411 g/mol. The molecule has 0 atom stereocenters. The van der Waals surface area contributed by atoms with Gasteiger partial charge in [0.2, 0.25) is 11.0 Å². The van der Waals surface area contributed by atoms with Crippen LogP contribution in [0.3, 0.4) is 0 Å². The van der Waals surface area contributed by atoms with E-state index in [-0.39, 0.29) is 11.3 Å². The molecule has 1 fully saturated rings. The molecular formula is C21H22N4OS2. The van der Waals surface area contributed by atoms with Crippen LogP contribution in [-0.2, 0) is 10.2 Å². The van der Waals surface area contributed by atoms with Crippen LogP contribution in [0.1, 0.15) is 24.0 Å². The number of carbonyl (C=O) groups is 1. The van der Waals surface area contributed by atoms with Crippen molar-refractivity contribution in [2.75, 3.05) is 17.6 Å². The summed E-state index contributed by atoms with van der Waals surface area (Å²) in [5.74, 6) is 0.389. The summed E-state index contributed by atoms with van der Waals surface area (Å²) in [5.41, 5.74) is 3.64. The Bertz CT molecular complexity index is 937. The lowest BCUT2D eigenvalue weighted by molar-refractivity contribution is -0.118. The molecule has 3 aromatic rings. The number of anilines is 2. The van der Waals surface area contributed by atoms with Gasteiger partial charge in [0.25, 0.3) is 0 Å². The second-order valence-electron chi connectivity index (χ2n) is 7.08. The number of thioether (sulfide) groups is 1. The van der Waals surface area contributed by atoms with Gasteiger partial charge in [0.05, 0.1) is 5.75 Å². The quantitative estimate of drug-likeness (QED) is 0.534.